The third kappa shape index (κ3) is 5.24. The average molecular weight is 432 g/mol. The molecule has 0 saturated carbocycles. The second-order valence-electron chi connectivity index (χ2n) is 5.43. The summed E-state index contributed by atoms with van der Waals surface area (Å²) in [5.74, 6) is -2.76. The Morgan fingerprint density at radius 1 is 1.39 bits per heavy atom. The summed E-state index contributed by atoms with van der Waals surface area (Å²) in [4.78, 5) is 27.7. The molecule has 1 aromatic carbocycles. The average Bonchev–Trinajstić information content (AvgIpc) is 3.09. The highest BCUT2D eigenvalue weighted by Gasteiger charge is 2.38. The van der Waals surface area contributed by atoms with E-state index >= 15 is 0 Å². The van der Waals surface area contributed by atoms with Gasteiger partial charge >= 0.3 is 12.1 Å². The lowest BCUT2D eigenvalue weighted by atomic mass is 10.1. The molecule has 0 aliphatic rings. The number of thiazole rings is 1. The van der Waals surface area contributed by atoms with Crippen LogP contribution in [0.25, 0.3) is 21.5 Å². The molecule has 12 heteroatoms. The topological polar surface area (TPSA) is 114 Å². The van der Waals surface area contributed by atoms with Gasteiger partial charge in [0.2, 0.25) is 0 Å². The highest BCUT2D eigenvalue weighted by atomic mass is 32.1. The van der Waals surface area contributed by atoms with Crippen molar-refractivity contribution >= 4 is 39.7 Å². The highest BCUT2D eigenvalue weighted by Crippen LogP contribution is 2.30. The SMILES string of the molecule is NCCCn1c(-c2cccc3ncsc23)cc(=O)[nH]c1=S.O=C(O)C(F)(F)F. The number of aliphatic carboxylic acids is 1. The Bertz CT molecular complexity index is 1090. The van der Waals surface area contributed by atoms with Crippen molar-refractivity contribution in [1.29, 1.82) is 0 Å². The van der Waals surface area contributed by atoms with Gasteiger partial charge in [-0.2, -0.15) is 13.2 Å². The first-order valence-corrected chi connectivity index (χ1v) is 9.11. The summed E-state index contributed by atoms with van der Waals surface area (Å²) in [5, 5.41) is 7.12. The van der Waals surface area contributed by atoms with E-state index in [2.05, 4.69) is 9.97 Å². The molecule has 0 unspecified atom stereocenters. The van der Waals surface area contributed by atoms with Gasteiger partial charge in [-0.1, -0.05) is 12.1 Å². The molecule has 28 heavy (non-hydrogen) atoms. The fourth-order valence-corrected chi connectivity index (χ4v) is 3.41. The van der Waals surface area contributed by atoms with Crippen LogP contribution in [0.15, 0.2) is 34.6 Å². The van der Waals surface area contributed by atoms with Crippen molar-refractivity contribution < 1.29 is 23.1 Å². The number of carboxylic acids is 1. The molecule has 2 heterocycles. The number of rotatable bonds is 4. The first-order valence-electron chi connectivity index (χ1n) is 7.82. The lowest BCUT2D eigenvalue weighted by molar-refractivity contribution is -0.192. The van der Waals surface area contributed by atoms with Crippen LogP contribution in [0, 0.1) is 4.77 Å². The number of aromatic amines is 1. The van der Waals surface area contributed by atoms with Crippen LogP contribution in [-0.4, -0.2) is 38.3 Å². The Kier molecular flexibility index (Phi) is 7.05. The molecule has 0 spiro atoms. The van der Waals surface area contributed by atoms with Crippen molar-refractivity contribution in [2.24, 2.45) is 5.73 Å². The fourth-order valence-electron chi connectivity index (χ4n) is 2.30. The summed E-state index contributed by atoms with van der Waals surface area (Å²) < 4.78 is 35.1. The normalized spacial score (nSPS) is 11.1. The molecule has 0 fully saturated rings. The lowest BCUT2D eigenvalue weighted by Gasteiger charge is -2.13. The highest BCUT2D eigenvalue weighted by molar-refractivity contribution is 7.71. The number of hydrogen-bond acceptors (Lipinski definition) is 6. The molecule has 0 bridgehead atoms. The summed E-state index contributed by atoms with van der Waals surface area (Å²) >= 11 is 6.85. The van der Waals surface area contributed by atoms with E-state index in [1.54, 1.807) is 22.9 Å². The van der Waals surface area contributed by atoms with E-state index in [0.29, 0.717) is 17.9 Å². The van der Waals surface area contributed by atoms with E-state index in [4.69, 9.17) is 27.9 Å². The van der Waals surface area contributed by atoms with Crippen molar-refractivity contribution in [3.63, 3.8) is 0 Å². The zero-order chi connectivity index (χ0) is 20.9. The van der Waals surface area contributed by atoms with Crippen molar-refractivity contribution in [1.82, 2.24) is 14.5 Å². The van der Waals surface area contributed by atoms with E-state index < -0.39 is 12.1 Å². The Hall–Kier alpha value is -2.57. The van der Waals surface area contributed by atoms with Gasteiger partial charge < -0.3 is 15.4 Å². The summed E-state index contributed by atoms with van der Waals surface area (Å²) in [5.41, 5.74) is 9.92. The number of carbonyl (C=O) groups is 1. The zero-order valence-electron chi connectivity index (χ0n) is 14.2. The van der Waals surface area contributed by atoms with Crippen molar-refractivity contribution in [3.05, 3.63) is 44.9 Å². The van der Waals surface area contributed by atoms with Crippen molar-refractivity contribution in [3.8, 4) is 11.3 Å². The van der Waals surface area contributed by atoms with Crippen LogP contribution in [0.2, 0.25) is 0 Å². The van der Waals surface area contributed by atoms with Gasteiger partial charge in [-0.05, 0) is 31.2 Å². The first-order chi connectivity index (χ1) is 13.1. The summed E-state index contributed by atoms with van der Waals surface area (Å²) in [6.45, 7) is 1.25. The fraction of sp³-hybridized carbons (Fsp3) is 0.250. The van der Waals surface area contributed by atoms with E-state index in [9.17, 15) is 18.0 Å². The number of halogens is 3. The standard InChI is InChI=1S/C14H14N4OS2.C2HF3O2/c15-5-2-6-18-11(7-12(19)17-14(18)20)9-3-1-4-10-13(9)21-8-16-10;3-2(4,5)1(6)7/h1,3-4,7-8H,2,5-6,15H2,(H,17,19,20);(H,6,7). The Labute approximate surface area is 165 Å². The number of nitrogens with two attached hydrogens (primary N) is 1. The number of nitrogens with one attached hydrogen (secondary N) is 1. The van der Waals surface area contributed by atoms with E-state index in [-0.39, 0.29) is 5.56 Å². The smallest absolute Gasteiger partial charge is 0.475 e. The number of nitrogens with zero attached hydrogens (tertiary/aromatic N) is 2. The van der Waals surface area contributed by atoms with Crippen LogP contribution >= 0.6 is 23.6 Å². The number of carboxylic acid groups (broad SMARTS) is 1. The number of fused-ring (bicyclic) bond motifs is 1. The minimum atomic E-state index is -5.08. The maximum Gasteiger partial charge on any atom is 0.490 e. The lowest BCUT2D eigenvalue weighted by Crippen LogP contribution is -2.21. The molecule has 0 radical (unpaired) electrons. The van der Waals surface area contributed by atoms with Crippen LogP contribution in [0.4, 0.5) is 13.2 Å². The molecule has 0 aliphatic carbocycles. The monoisotopic (exact) mass is 432 g/mol. The molecule has 0 atom stereocenters. The molecular weight excluding hydrogens is 417 g/mol. The minimum absolute atomic E-state index is 0.194. The molecule has 7 nitrogen and oxygen atoms in total. The minimum Gasteiger partial charge on any atom is -0.475 e. The molecule has 0 amide bonds. The molecule has 150 valence electrons. The van der Waals surface area contributed by atoms with Gasteiger partial charge in [-0.15, -0.1) is 11.3 Å². The number of hydrogen-bond donors (Lipinski definition) is 3. The van der Waals surface area contributed by atoms with Crippen LogP contribution in [0.5, 0.6) is 0 Å². The van der Waals surface area contributed by atoms with Gasteiger partial charge in [-0.25, -0.2) is 9.78 Å². The van der Waals surface area contributed by atoms with Crippen molar-refractivity contribution in [2.45, 2.75) is 19.1 Å². The van der Waals surface area contributed by atoms with Gasteiger partial charge in [0.25, 0.3) is 5.56 Å². The molecule has 4 N–H and O–H groups in total. The predicted molar refractivity (Wildman–Crippen MR) is 102 cm³/mol. The van der Waals surface area contributed by atoms with Gasteiger partial charge in [0, 0.05) is 18.2 Å². The second kappa shape index (κ2) is 9.08. The van der Waals surface area contributed by atoms with Crippen LogP contribution in [-0.2, 0) is 11.3 Å². The van der Waals surface area contributed by atoms with Gasteiger partial charge in [0.15, 0.2) is 4.77 Å². The number of H-pyrrole nitrogens is 1. The van der Waals surface area contributed by atoms with Crippen molar-refractivity contribution in [2.75, 3.05) is 6.54 Å². The number of aromatic nitrogens is 3. The third-order valence-electron chi connectivity index (χ3n) is 3.49. The van der Waals surface area contributed by atoms with Gasteiger partial charge in [0.1, 0.15) is 0 Å². The van der Waals surface area contributed by atoms with Gasteiger partial charge in [-0.3, -0.25) is 9.78 Å². The summed E-state index contributed by atoms with van der Waals surface area (Å²) in [7, 11) is 0. The van der Waals surface area contributed by atoms with E-state index in [1.807, 2.05) is 22.8 Å². The van der Waals surface area contributed by atoms with E-state index in [1.165, 1.54) is 0 Å². The Morgan fingerprint density at radius 3 is 2.68 bits per heavy atom. The molecule has 0 saturated heterocycles. The zero-order valence-corrected chi connectivity index (χ0v) is 15.8. The third-order valence-corrected chi connectivity index (χ3v) is 4.69. The van der Waals surface area contributed by atoms with Gasteiger partial charge in [0.05, 0.1) is 21.4 Å². The molecule has 0 aliphatic heterocycles. The van der Waals surface area contributed by atoms with Crippen LogP contribution in [0.1, 0.15) is 6.42 Å². The number of alkyl halides is 3. The Balaban J connectivity index is 0.000000345. The summed E-state index contributed by atoms with van der Waals surface area (Å²) in [6.07, 6.45) is -4.29. The van der Waals surface area contributed by atoms with Crippen LogP contribution in [0.3, 0.4) is 0 Å². The quantitative estimate of drug-likeness (QED) is 0.546. The first kappa shape index (κ1) is 21.7. The Morgan fingerprint density at radius 2 is 2.07 bits per heavy atom. The molecule has 2 aromatic heterocycles. The largest absolute Gasteiger partial charge is 0.490 e. The predicted octanol–water partition coefficient (Wildman–Crippen LogP) is 3.16. The summed E-state index contributed by atoms with van der Waals surface area (Å²) in [6, 6.07) is 7.47. The second-order valence-corrected chi connectivity index (χ2v) is 6.67. The maximum atomic E-state index is 11.8. The van der Waals surface area contributed by atoms with Crippen LogP contribution < -0.4 is 11.3 Å². The molecule has 3 aromatic rings. The number of benzene rings is 1. The van der Waals surface area contributed by atoms with E-state index in [0.717, 1.165) is 27.9 Å². The molecular formula is C16H15F3N4O3S2. The molecule has 3 rings (SSSR count). The maximum absolute atomic E-state index is 11.8.